The summed E-state index contributed by atoms with van der Waals surface area (Å²) in [6, 6.07) is 14.3. The van der Waals surface area contributed by atoms with Gasteiger partial charge < -0.3 is 10.6 Å². The average molecular weight is 381 g/mol. The smallest absolute Gasteiger partial charge is 0.225 e. The van der Waals surface area contributed by atoms with Crippen molar-refractivity contribution in [3.05, 3.63) is 59.6 Å². The van der Waals surface area contributed by atoms with Crippen LogP contribution in [0.3, 0.4) is 0 Å². The Labute approximate surface area is 163 Å². The fourth-order valence-corrected chi connectivity index (χ4v) is 4.49. The second kappa shape index (κ2) is 7.66. The van der Waals surface area contributed by atoms with E-state index in [0.717, 1.165) is 41.1 Å². The maximum atomic E-state index is 12.8. The Hall–Kier alpha value is -2.44. The topological polar surface area (TPSA) is 64.2 Å². The number of hydrogen-bond donors (Lipinski definition) is 1. The lowest BCUT2D eigenvalue weighted by molar-refractivity contribution is -0.134. The number of amides is 1. The Balaban J connectivity index is 1.61. The van der Waals surface area contributed by atoms with Gasteiger partial charge in [0.1, 0.15) is 5.69 Å². The van der Waals surface area contributed by atoms with Crippen LogP contribution in [0, 0.1) is 5.92 Å². The molecule has 2 unspecified atom stereocenters. The van der Waals surface area contributed by atoms with E-state index in [0.29, 0.717) is 6.54 Å². The van der Waals surface area contributed by atoms with E-state index in [9.17, 15) is 4.79 Å². The first-order valence-corrected chi connectivity index (χ1v) is 10.2. The molecule has 1 aliphatic carbocycles. The first-order valence-electron chi connectivity index (χ1n) is 9.30. The van der Waals surface area contributed by atoms with E-state index in [2.05, 4.69) is 11.4 Å². The van der Waals surface area contributed by atoms with E-state index in [1.807, 2.05) is 59.2 Å². The van der Waals surface area contributed by atoms with Crippen molar-refractivity contribution in [2.24, 2.45) is 11.7 Å². The van der Waals surface area contributed by atoms with Crippen molar-refractivity contribution < 1.29 is 4.79 Å². The van der Waals surface area contributed by atoms with Gasteiger partial charge in [0.15, 0.2) is 0 Å². The van der Waals surface area contributed by atoms with Crippen LogP contribution in [-0.2, 0) is 11.3 Å². The molecule has 27 heavy (non-hydrogen) atoms. The van der Waals surface area contributed by atoms with Gasteiger partial charge in [-0.05, 0) is 42.8 Å². The molecule has 1 aromatic carbocycles. The normalized spacial score (nSPS) is 19.3. The molecule has 0 saturated heterocycles. The Morgan fingerprint density at radius 1 is 1.26 bits per heavy atom. The molecule has 0 radical (unpaired) electrons. The summed E-state index contributed by atoms with van der Waals surface area (Å²) in [6.07, 6.45) is 4.67. The molecule has 1 fully saturated rings. The van der Waals surface area contributed by atoms with Crippen LogP contribution in [0.25, 0.3) is 16.3 Å². The zero-order chi connectivity index (χ0) is 18.8. The predicted octanol–water partition coefficient (Wildman–Crippen LogP) is 3.69. The molecule has 2 atom stereocenters. The van der Waals surface area contributed by atoms with E-state index >= 15 is 0 Å². The molecular formula is C21H24N4OS. The number of hydrogen-bond acceptors (Lipinski definition) is 4. The van der Waals surface area contributed by atoms with E-state index in [1.54, 1.807) is 11.3 Å². The second-order valence-electron chi connectivity index (χ2n) is 7.22. The largest absolute Gasteiger partial charge is 0.341 e. The lowest BCUT2D eigenvalue weighted by Crippen LogP contribution is -2.32. The van der Waals surface area contributed by atoms with Gasteiger partial charge in [-0.1, -0.05) is 24.3 Å². The van der Waals surface area contributed by atoms with Gasteiger partial charge in [-0.15, -0.1) is 11.3 Å². The van der Waals surface area contributed by atoms with Crippen LogP contribution in [0.1, 0.15) is 24.8 Å². The number of thiophene rings is 1. The molecule has 1 saturated carbocycles. The van der Waals surface area contributed by atoms with Gasteiger partial charge in [0.05, 0.1) is 10.6 Å². The first kappa shape index (κ1) is 17.9. The van der Waals surface area contributed by atoms with E-state index in [1.165, 1.54) is 0 Å². The summed E-state index contributed by atoms with van der Waals surface area (Å²) in [4.78, 5) is 15.8. The third-order valence-electron chi connectivity index (χ3n) is 5.17. The highest BCUT2D eigenvalue weighted by Gasteiger charge is 2.30. The number of rotatable bonds is 5. The van der Waals surface area contributed by atoms with Crippen LogP contribution in [0.15, 0.2) is 54.0 Å². The van der Waals surface area contributed by atoms with Crippen LogP contribution >= 0.6 is 11.3 Å². The number of nitrogens with zero attached hydrogens (tertiary/aromatic N) is 3. The molecular weight excluding hydrogens is 356 g/mol. The summed E-state index contributed by atoms with van der Waals surface area (Å²) in [7, 11) is 1.88. The van der Waals surface area contributed by atoms with Crippen molar-refractivity contribution in [2.75, 3.05) is 7.05 Å². The van der Waals surface area contributed by atoms with Gasteiger partial charge in [-0.3, -0.25) is 4.79 Å². The second-order valence-corrected chi connectivity index (χ2v) is 8.17. The standard InChI is InChI=1S/C21H24N4OS/c1-24(21(26)15-9-10-17(22)12-15)13-16-14-25(18-6-3-2-4-7-18)23-20(16)19-8-5-11-27-19/h2-8,11,14-15,17H,9-10,12-13,22H2,1H3. The maximum Gasteiger partial charge on any atom is 0.225 e. The van der Waals surface area contributed by atoms with Crippen LogP contribution in [-0.4, -0.2) is 33.7 Å². The fraction of sp³-hybridized carbons (Fsp3) is 0.333. The minimum atomic E-state index is 0.0550. The maximum absolute atomic E-state index is 12.8. The van der Waals surface area contributed by atoms with Crippen molar-refractivity contribution >= 4 is 17.2 Å². The molecule has 2 N–H and O–H groups in total. The molecule has 5 nitrogen and oxygen atoms in total. The van der Waals surface area contributed by atoms with Crippen LogP contribution in [0.2, 0.25) is 0 Å². The molecule has 2 aromatic heterocycles. The lowest BCUT2D eigenvalue weighted by Gasteiger charge is -2.21. The minimum absolute atomic E-state index is 0.0550. The molecule has 2 heterocycles. The molecule has 1 amide bonds. The van der Waals surface area contributed by atoms with Crippen LogP contribution in [0.4, 0.5) is 0 Å². The average Bonchev–Trinajstić information content (AvgIpc) is 3.42. The number of benzene rings is 1. The monoisotopic (exact) mass is 380 g/mol. The van der Waals surface area contributed by atoms with Crippen molar-refractivity contribution in [1.29, 1.82) is 0 Å². The Morgan fingerprint density at radius 2 is 2.07 bits per heavy atom. The molecule has 140 valence electrons. The predicted molar refractivity (Wildman–Crippen MR) is 109 cm³/mol. The summed E-state index contributed by atoms with van der Waals surface area (Å²) in [6.45, 7) is 0.546. The van der Waals surface area contributed by atoms with Crippen molar-refractivity contribution in [1.82, 2.24) is 14.7 Å². The number of carbonyl (C=O) groups is 1. The highest BCUT2D eigenvalue weighted by atomic mass is 32.1. The number of aromatic nitrogens is 2. The molecule has 0 bridgehead atoms. The molecule has 6 heteroatoms. The van der Waals surface area contributed by atoms with Gasteiger partial charge in [0, 0.05) is 37.3 Å². The fourth-order valence-electron chi connectivity index (χ4n) is 3.74. The van der Waals surface area contributed by atoms with Gasteiger partial charge in [0.2, 0.25) is 5.91 Å². The molecule has 0 spiro atoms. The van der Waals surface area contributed by atoms with Gasteiger partial charge >= 0.3 is 0 Å². The number of para-hydroxylation sites is 1. The van der Waals surface area contributed by atoms with E-state index < -0.39 is 0 Å². The Kier molecular flexibility index (Phi) is 5.09. The highest BCUT2D eigenvalue weighted by molar-refractivity contribution is 7.13. The summed E-state index contributed by atoms with van der Waals surface area (Å²) in [5.74, 6) is 0.242. The third-order valence-corrected chi connectivity index (χ3v) is 6.05. The quantitative estimate of drug-likeness (QED) is 0.734. The minimum Gasteiger partial charge on any atom is -0.341 e. The van der Waals surface area contributed by atoms with Crippen molar-refractivity contribution in [3.63, 3.8) is 0 Å². The lowest BCUT2D eigenvalue weighted by atomic mass is 10.1. The van der Waals surface area contributed by atoms with E-state index in [4.69, 9.17) is 10.8 Å². The zero-order valence-electron chi connectivity index (χ0n) is 15.4. The van der Waals surface area contributed by atoms with Gasteiger partial charge in [0.25, 0.3) is 0 Å². The van der Waals surface area contributed by atoms with Crippen molar-refractivity contribution in [2.45, 2.75) is 31.8 Å². The molecule has 1 aliphatic rings. The SMILES string of the molecule is CN(Cc1cn(-c2ccccc2)nc1-c1cccs1)C(=O)C1CCC(N)C1. The molecule has 0 aliphatic heterocycles. The van der Waals surface area contributed by atoms with Gasteiger partial charge in [-0.25, -0.2) is 4.68 Å². The zero-order valence-corrected chi connectivity index (χ0v) is 16.2. The first-order chi connectivity index (χ1) is 13.1. The number of nitrogens with two attached hydrogens (primary N) is 1. The Morgan fingerprint density at radius 3 is 2.74 bits per heavy atom. The van der Waals surface area contributed by atoms with Crippen LogP contribution in [0.5, 0.6) is 0 Å². The Bertz CT molecular complexity index is 904. The van der Waals surface area contributed by atoms with Crippen LogP contribution < -0.4 is 5.73 Å². The highest BCUT2D eigenvalue weighted by Crippen LogP contribution is 2.30. The van der Waals surface area contributed by atoms with Crippen molar-refractivity contribution in [3.8, 4) is 16.3 Å². The number of carbonyl (C=O) groups excluding carboxylic acids is 1. The summed E-state index contributed by atoms with van der Waals surface area (Å²) >= 11 is 1.66. The van der Waals surface area contributed by atoms with E-state index in [-0.39, 0.29) is 17.9 Å². The van der Waals surface area contributed by atoms with Gasteiger partial charge in [-0.2, -0.15) is 5.10 Å². The summed E-state index contributed by atoms with van der Waals surface area (Å²) in [5.41, 5.74) is 9.00. The summed E-state index contributed by atoms with van der Waals surface area (Å²) < 4.78 is 1.90. The third kappa shape index (κ3) is 3.82. The summed E-state index contributed by atoms with van der Waals surface area (Å²) in [5, 5.41) is 6.87. The molecule has 4 rings (SSSR count). The molecule has 3 aromatic rings.